The van der Waals surface area contributed by atoms with Crippen molar-refractivity contribution >= 4 is 33.8 Å². The number of rotatable bonds is 8. The molecule has 0 saturated carbocycles. The molecule has 1 heterocycles. The molecular weight excluding hydrogens is 318 g/mol. The van der Waals surface area contributed by atoms with Crippen molar-refractivity contribution in [2.45, 2.75) is 26.7 Å². The molecule has 2 aromatic rings. The van der Waals surface area contributed by atoms with Crippen LogP contribution in [-0.4, -0.2) is 25.2 Å². The summed E-state index contributed by atoms with van der Waals surface area (Å²) in [5, 5.41) is 10.4. The van der Waals surface area contributed by atoms with Gasteiger partial charge in [0.05, 0.1) is 18.5 Å². The smallest absolute Gasteiger partial charge is 0.187 e. The van der Waals surface area contributed by atoms with Crippen molar-refractivity contribution in [1.82, 2.24) is 10.3 Å². The van der Waals surface area contributed by atoms with E-state index in [1.165, 1.54) is 0 Å². The number of aromatic nitrogens is 1. The molecule has 0 aliphatic carbocycles. The summed E-state index contributed by atoms with van der Waals surface area (Å²) in [6.07, 6.45) is 2.09. The first-order chi connectivity index (χ1) is 10.6. The lowest BCUT2D eigenvalue weighted by molar-refractivity contribution is 0.417. The molecule has 0 saturated heterocycles. The Labute approximate surface area is 140 Å². The number of ether oxygens (including phenoxy) is 1. The van der Waals surface area contributed by atoms with Gasteiger partial charge in [-0.25, -0.2) is 4.98 Å². The summed E-state index contributed by atoms with van der Waals surface area (Å²) >= 11 is 7.73. The van der Waals surface area contributed by atoms with Gasteiger partial charge in [0.2, 0.25) is 0 Å². The molecule has 2 rings (SSSR count). The van der Waals surface area contributed by atoms with Gasteiger partial charge in [-0.2, -0.15) is 0 Å². The molecular formula is C16H22ClN3OS. The van der Waals surface area contributed by atoms with Crippen molar-refractivity contribution in [3.05, 3.63) is 33.8 Å². The first-order valence-corrected chi connectivity index (χ1v) is 8.66. The van der Waals surface area contributed by atoms with Gasteiger partial charge < -0.3 is 15.4 Å². The lowest BCUT2D eigenvalue weighted by Gasteiger charge is -2.11. The van der Waals surface area contributed by atoms with Crippen LogP contribution >= 0.6 is 22.9 Å². The minimum absolute atomic E-state index is 0.698. The predicted octanol–water partition coefficient (Wildman–Crippen LogP) is 4.40. The van der Waals surface area contributed by atoms with Crippen molar-refractivity contribution in [3.8, 4) is 5.75 Å². The summed E-state index contributed by atoms with van der Waals surface area (Å²) in [6.45, 7) is 6.15. The average Bonchev–Trinajstić information content (AvgIpc) is 2.95. The van der Waals surface area contributed by atoms with Crippen LogP contribution in [0.2, 0.25) is 5.02 Å². The molecule has 0 aliphatic rings. The van der Waals surface area contributed by atoms with Crippen LogP contribution in [0.25, 0.3) is 0 Å². The highest BCUT2D eigenvalue weighted by atomic mass is 35.5. The monoisotopic (exact) mass is 339 g/mol. The molecule has 0 amide bonds. The van der Waals surface area contributed by atoms with E-state index in [1.807, 2.05) is 19.1 Å². The fourth-order valence-electron chi connectivity index (χ4n) is 2.04. The topological polar surface area (TPSA) is 46.2 Å². The van der Waals surface area contributed by atoms with Crippen molar-refractivity contribution in [3.63, 3.8) is 0 Å². The van der Waals surface area contributed by atoms with Crippen molar-refractivity contribution in [1.29, 1.82) is 0 Å². The van der Waals surface area contributed by atoms with Crippen LogP contribution in [0.5, 0.6) is 5.75 Å². The third kappa shape index (κ3) is 4.60. The molecule has 2 N–H and O–H groups in total. The maximum Gasteiger partial charge on any atom is 0.187 e. The molecule has 120 valence electrons. The summed E-state index contributed by atoms with van der Waals surface area (Å²) in [5.74, 6) is 0.719. The average molecular weight is 340 g/mol. The lowest BCUT2D eigenvalue weighted by Crippen LogP contribution is -2.17. The Morgan fingerprint density at radius 3 is 2.86 bits per heavy atom. The molecule has 0 aliphatic heterocycles. The second kappa shape index (κ2) is 8.36. The normalized spacial score (nSPS) is 10.7. The molecule has 0 fully saturated rings. The third-order valence-corrected chi connectivity index (χ3v) is 4.47. The van der Waals surface area contributed by atoms with Gasteiger partial charge in [0.15, 0.2) is 5.13 Å². The molecule has 0 unspecified atom stereocenters. The molecule has 0 bridgehead atoms. The van der Waals surface area contributed by atoms with E-state index >= 15 is 0 Å². The molecule has 6 heteroatoms. The van der Waals surface area contributed by atoms with Crippen LogP contribution in [0.4, 0.5) is 10.8 Å². The molecule has 0 atom stereocenters. The van der Waals surface area contributed by atoms with Gasteiger partial charge in [0.25, 0.3) is 0 Å². The van der Waals surface area contributed by atoms with Crippen molar-refractivity contribution in [2.24, 2.45) is 0 Å². The maximum absolute atomic E-state index is 6.13. The van der Waals surface area contributed by atoms with Gasteiger partial charge in [-0.05, 0) is 31.5 Å². The highest BCUT2D eigenvalue weighted by Gasteiger charge is 2.09. The molecule has 22 heavy (non-hydrogen) atoms. The SMILES string of the molecule is CCCNCCc1csc(Nc2cc(C)c(Cl)cc2OC)n1. The van der Waals surface area contributed by atoms with Gasteiger partial charge >= 0.3 is 0 Å². The van der Waals surface area contributed by atoms with E-state index in [4.69, 9.17) is 16.3 Å². The molecule has 1 aromatic heterocycles. The summed E-state index contributed by atoms with van der Waals surface area (Å²) in [6, 6.07) is 3.80. The Morgan fingerprint density at radius 1 is 1.32 bits per heavy atom. The van der Waals surface area contributed by atoms with Crippen LogP contribution in [-0.2, 0) is 6.42 Å². The molecule has 1 aromatic carbocycles. The van der Waals surface area contributed by atoms with Gasteiger partial charge in [-0.15, -0.1) is 11.3 Å². The number of methoxy groups -OCH3 is 1. The van der Waals surface area contributed by atoms with Crippen molar-refractivity contribution < 1.29 is 4.74 Å². The van der Waals surface area contributed by atoms with Crippen LogP contribution in [0, 0.1) is 6.92 Å². The van der Waals surface area contributed by atoms with E-state index in [0.717, 1.165) is 53.8 Å². The minimum Gasteiger partial charge on any atom is -0.495 e. The van der Waals surface area contributed by atoms with Gasteiger partial charge in [0, 0.05) is 29.4 Å². The first kappa shape index (κ1) is 17.1. The lowest BCUT2D eigenvalue weighted by atomic mass is 10.2. The highest BCUT2D eigenvalue weighted by molar-refractivity contribution is 7.13. The Bertz CT molecular complexity index is 615. The number of thiazole rings is 1. The van der Waals surface area contributed by atoms with Crippen LogP contribution in [0.15, 0.2) is 17.5 Å². The van der Waals surface area contributed by atoms with E-state index < -0.39 is 0 Å². The first-order valence-electron chi connectivity index (χ1n) is 7.40. The van der Waals surface area contributed by atoms with Gasteiger partial charge in [-0.1, -0.05) is 18.5 Å². The second-order valence-electron chi connectivity index (χ2n) is 5.07. The second-order valence-corrected chi connectivity index (χ2v) is 6.34. The standard InChI is InChI=1S/C16H22ClN3OS/c1-4-6-18-7-5-12-10-22-16(19-12)20-14-8-11(2)13(17)9-15(14)21-3/h8-10,18H,4-7H2,1-3H3,(H,19,20). The molecule has 0 radical (unpaired) electrons. The Kier molecular flexibility index (Phi) is 6.49. The number of nitrogens with zero attached hydrogens (tertiary/aromatic N) is 1. The largest absolute Gasteiger partial charge is 0.495 e. The number of anilines is 2. The third-order valence-electron chi connectivity index (χ3n) is 3.26. The zero-order valence-corrected chi connectivity index (χ0v) is 14.8. The van der Waals surface area contributed by atoms with E-state index in [1.54, 1.807) is 18.4 Å². The van der Waals surface area contributed by atoms with Crippen LogP contribution in [0.3, 0.4) is 0 Å². The Hall–Kier alpha value is -1.30. The quantitative estimate of drug-likeness (QED) is 0.700. The maximum atomic E-state index is 6.13. The number of hydrogen-bond acceptors (Lipinski definition) is 5. The van der Waals surface area contributed by atoms with E-state index in [-0.39, 0.29) is 0 Å². The number of halogens is 1. The Balaban J connectivity index is 2.02. The number of hydrogen-bond donors (Lipinski definition) is 2. The van der Waals surface area contributed by atoms with E-state index in [9.17, 15) is 0 Å². The predicted molar refractivity (Wildman–Crippen MR) is 95.0 cm³/mol. The minimum atomic E-state index is 0.698. The summed E-state index contributed by atoms with van der Waals surface area (Å²) < 4.78 is 5.37. The Morgan fingerprint density at radius 2 is 2.14 bits per heavy atom. The zero-order chi connectivity index (χ0) is 15.9. The summed E-state index contributed by atoms with van der Waals surface area (Å²) in [4.78, 5) is 4.61. The fourth-order valence-corrected chi connectivity index (χ4v) is 2.95. The molecule has 4 nitrogen and oxygen atoms in total. The van der Waals surface area contributed by atoms with Gasteiger partial charge in [0.1, 0.15) is 5.75 Å². The van der Waals surface area contributed by atoms with Crippen molar-refractivity contribution in [2.75, 3.05) is 25.5 Å². The zero-order valence-electron chi connectivity index (χ0n) is 13.2. The fraction of sp³-hybridized carbons (Fsp3) is 0.438. The van der Waals surface area contributed by atoms with E-state index in [2.05, 4.69) is 27.9 Å². The number of aryl methyl sites for hydroxylation is 1. The summed E-state index contributed by atoms with van der Waals surface area (Å²) in [5.41, 5.74) is 2.99. The number of benzene rings is 1. The molecule has 0 spiro atoms. The summed E-state index contributed by atoms with van der Waals surface area (Å²) in [7, 11) is 1.64. The number of nitrogens with one attached hydrogen (secondary N) is 2. The van der Waals surface area contributed by atoms with E-state index in [0.29, 0.717) is 5.02 Å². The van der Waals surface area contributed by atoms with Crippen LogP contribution < -0.4 is 15.4 Å². The van der Waals surface area contributed by atoms with Gasteiger partial charge in [-0.3, -0.25) is 0 Å². The van der Waals surface area contributed by atoms with Crippen LogP contribution in [0.1, 0.15) is 24.6 Å². The highest BCUT2D eigenvalue weighted by Crippen LogP contribution is 2.33.